The molecular weight excluding hydrogens is 369 g/mol. The third-order valence-corrected chi connectivity index (χ3v) is 5.26. The van der Waals surface area contributed by atoms with E-state index in [4.69, 9.17) is 4.74 Å². The van der Waals surface area contributed by atoms with E-state index in [0.717, 1.165) is 38.7 Å². The van der Waals surface area contributed by atoms with Crippen molar-refractivity contribution in [3.63, 3.8) is 0 Å². The zero-order valence-electron chi connectivity index (χ0n) is 15.3. The van der Waals surface area contributed by atoms with Gasteiger partial charge in [-0.15, -0.1) is 11.3 Å². The van der Waals surface area contributed by atoms with E-state index < -0.39 is 0 Å². The van der Waals surface area contributed by atoms with Gasteiger partial charge < -0.3 is 4.74 Å². The predicted octanol–water partition coefficient (Wildman–Crippen LogP) is 6.80. The highest BCUT2D eigenvalue weighted by Gasteiger charge is 2.07. The largest absolute Gasteiger partial charge is 0.497 e. The Labute approximate surface area is 167 Å². The van der Waals surface area contributed by atoms with Crippen molar-refractivity contribution in [1.82, 2.24) is 4.98 Å². The van der Waals surface area contributed by atoms with Crippen molar-refractivity contribution in [2.75, 3.05) is 7.11 Å². The summed E-state index contributed by atoms with van der Waals surface area (Å²) in [4.78, 5) is 4.69. The zero-order chi connectivity index (χ0) is 19.3. The molecule has 0 bridgehead atoms. The van der Waals surface area contributed by atoms with Gasteiger partial charge in [0.15, 0.2) is 0 Å². The van der Waals surface area contributed by atoms with Crippen LogP contribution in [0, 0.1) is 5.82 Å². The molecule has 0 fully saturated rings. The Morgan fingerprint density at radius 2 is 1.57 bits per heavy atom. The van der Waals surface area contributed by atoms with Crippen LogP contribution in [0.5, 0.6) is 5.75 Å². The molecule has 0 saturated carbocycles. The fourth-order valence-electron chi connectivity index (χ4n) is 2.83. The monoisotopic (exact) mass is 387 g/mol. The summed E-state index contributed by atoms with van der Waals surface area (Å²) < 4.78 is 18.3. The number of methoxy groups -OCH3 is 1. The molecule has 0 amide bonds. The third-order valence-electron chi connectivity index (χ3n) is 4.36. The highest BCUT2D eigenvalue weighted by molar-refractivity contribution is 7.13. The molecule has 0 spiro atoms. The second-order valence-electron chi connectivity index (χ2n) is 6.28. The van der Waals surface area contributed by atoms with E-state index in [-0.39, 0.29) is 5.82 Å². The van der Waals surface area contributed by atoms with Crippen molar-refractivity contribution in [1.29, 1.82) is 0 Å². The van der Waals surface area contributed by atoms with Crippen molar-refractivity contribution < 1.29 is 9.13 Å². The quantitative estimate of drug-likeness (QED) is 0.352. The fourth-order valence-corrected chi connectivity index (χ4v) is 3.67. The van der Waals surface area contributed by atoms with Gasteiger partial charge in [-0.1, -0.05) is 48.6 Å². The number of aromatic nitrogens is 1. The molecule has 3 aromatic carbocycles. The second-order valence-corrected chi connectivity index (χ2v) is 7.13. The first-order chi connectivity index (χ1) is 13.7. The van der Waals surface area contributed by atoms with Crippen LogP contribution in [0.1, 0.15) is 11.1 Å². The Balaban J connectivity index is 1.50. The molecule has 0 N–H and O–H groups in total. The number of halogens is 1. The first-order valence-electron chi connectivity index (χ1n) is 8.85. The van der Waals surface area contributed by atoms with Crippen LogP contribution in [-0.4, -0.2) is 12.1 Å². The number of ether oxygens (including phenoxy) is 1. The summed E-state index contributed by atoms with van der Waals surface area (Å²) in [6.45, 7) is 0. The number of benzene rings is 3. The van der Waals surface area contributed by atoms with Crippen LogP contribution in [0.15, 0.2) is 78.2 Å². The average Bonchev–Trinajstić information content (AvgIpc) is 3.23. The normalized spacial score (nSPS) is 11.1. The van der Waals surface area contributed by atoms with Gasteiger partial charge in [0, 0.05) is 16.5 Å². The van der Waals surface area contributed by atoms with E-state index in [1.54, 1.807) is 30.6 Å². The van der Waals surface area contributed by atoms with Gasteiger partial charge in [0.05, 0.1) is 12.8 Å². The predicted molar refractivity (Wildman–Crippen MR) is 115 cm³/mol. The lowest BCUT2D eigenvalue weighted by molar-refractivity contribution is 0.414. The van der Waals surface area contributed by atoms with Gasteiger partial charge in [-0.25, -0.2) is 9.37 Å². The van der Waals surface area contributed by atoms with Crippen LogP contribution < -0.4 is 4.74 Å². The maximum absolute atomic E-state index is 13.1. The van der Waals surface area contributed by atoms with Crippen molar-refractivity contribution in [2.24, 2.45) is 0 Å². The van der Waals surface area contributed by atoms with Gasteiger partial charge in [0.2, 0.25) is 0 Å². The smallest absolute Gasteiger partial charge is 0.124 e. The minimum atomic E-state index is -0.238. The van der Waals surface area contributed by atoms with Crippen LogP contribution >= 0.6 is 11.3 Å². The molecule has 2 nitrogen and oxygen atoms in total. The first-order valence-corrected chi connectivity index (χ1v) is 9.73. The van der Waals surface area contributed by atoms with Gasteiger partial charge in [0.25, 0.3) is 0 Å². The SMILES string of the molecule is COc1cccc(C=Cc2ccc(-c3csc(-c4ccc(F)cc4)n3)cc2)c1. The van der Waals surface area contributed by atoms with Crippen molar-refractivity contribution in [3.8, 4) is 27.6 Å². The molecule has 28 heavy (non-hydrogen) atoms. The van der Waals surface area contributed by atoms with Gasteiger partial charge in [-0.2, -0.15) is 0 Å². The van der Waals surface area contributed by atoms with Crippen LogP contribution in [0.2, 0.25) is 0 Å². The van der Waals surface area contributed by atoms with Crippen LogP contribution in [-0.2, 0) is 0 Å². The number of hydrogen-bond donors (Lipinski definition) is 0. The summed E-state index contributed by atoms with van der Waals surface area (Å²) >= 11 is 1.56. The Morgan fingerprint density at radius 3 is 2.32 bits per heavy atom. The lowest BCUT2D eigenvalue weighted by atomic mass is 10.1. The van der Waals surface area contributed by atoms with Gasteiger partial charge in [-0.05, 0) is 47.5 Å². The minimum absolute atomic E-state index is 0.238. The van der Waals surface area contributed by atoms with Crippen LogP contribution in [0.4, 0.5) is 4.39 Å². The molecule has 4 heteroatoms. The lowest BCUT2D eigenvalue weighted by Crippen LogP contribution is -1.82. The van der Waals surface area contributed by atoms with Gasteiger partial charge in [-0.3, -0.25) is 0 Å². The Hall–Kier alpha value is -3.24. The maximum atomic E-state index is 13.1. The zero-order valence-corrected chi connectivity index (χ0v) is 16.1. The van der Waals surface area contributed by atoms with E-state index >= 15 is 0 Å². The number of thiazole rings is 1. The number of hydrogen-bond acceptors (Lipinski definition) is 3. The molecule has 0 saturated heterocycles. The summed E-state index contributed by atoms with van der Waals surface area (Å²) in [5.74, 6) is 0.608. The number of nitrogens with zero attached hydrogens (tertiary/aromatic N) is 1. The highest BCUT2D eigenvalue weighted by atomic mass is 32.1. The molecule has 0 aliphatic heterocycles. The third kappa shape index (κ3) is 4.18. The minimum Gasteiger partial charge on any atom is -0.497 e. The summed E-state index contributed by atoms with van der Waals surface area (Å²) in [6.07, 6.45) is 4.14. The van der Waals surface area contributed by atoms with Gasteiger partial charge in [0.1, 0.15) is 16.6 Å². The maximum Gasteiger partial charge on any atom is 0.124 e. The Kier molecular flexibility index (Phi) is 5.31. The van der Waals surface area contributed by atoms with Gasteiger partial charge >= 0.3 is 0 Å². The molecule has 4 aromatic rings. The molecule has 0 unspecified atom stereocenters. The second kappa shape index (κ2) is 8.19. The standard InChI is InChI=1S/C24H18FNOS/c1-27-22-4-2-3-18(15-22)6-5-17-7-9-19(10-8-17)23-16-28-24(26-23)20-11-13-21(25)14-12-20/h2-16H,1H3. The molecule has 1 heterocycles. The summed E-state index contributed by atoms with van der Waals surface area (Å²) in [6, 6.07) is 22.6. The molecule has 4 rings (SSSR count). The molecule has 1 aromatic heterocycles. The Morgan fingerprint density at radius 1 is 0.857 bits per heavy atom. The van der Waals surface area contributed by atoms with E-state index in [1.165, 1.54) is 12.1 Å². The molecular formula is C24H18FNOS. The van der Waals surface area contributed by atoms with E-state index in [9.17, 15) is 4.39 Å². The highest BCUT2D eigenvalue weighted by Crippen LogP contribution is 2.29. The van der Waals surface area contributed by atoms with Crippen LogP contribution in [0.25, 0.3) is 34.0 Å². The summed E-state index contributed by atoms with van der Waals surface area (Å²) in [7, 11) is 1.67. The number of rotatable bonds is 5. The average molecular weight is 387 g/mol. The first kappa shape index (κ1) is 18.1. The van der Waals surface area contributed by atoms with Crippen molar-refractivity contribution in [3.05, 3.63) is 95.1 Å². The molecule has 138 valence electrons. The molecule has 0 atom stereocenters. The topological polar surface area (TPSA) is 22.1 Å². The molecule has 0 aliphatic carbocycles. The fraction of sp³-hybridized carbons (Fsp3) is 0.0417. The molecule has 0 aliphatic rings. The summed E-state index contributed by atoms with van der Waals surface area (Å²) in [5, 5.41) is 2.91. The molecule has 0 radical (unpaired) electrons. The Bertz CT molecular complexity index is 1100. The van der Waals surface area contributed by atoms with E-state index in [0.29, 0.717) is 0 Å². The lowest BCUT2D eigenvalue weighted by Gasteiger charge is -2.01. The van der Waals surface area contributed by atoms with Crippen LogP contribution in [0.3, 0.4) is 0 Å². The van der Waals surface area contributed by atoms with E-state index in [1.807, 2.05) is 29.6 Å². The van der Waals surface area contributed by atoms with Crippen molar-refractivity contribution in [2.45, 2.75) is 0 Å². The van der Waals surface area contributed by atoms with Crippen molar-refractivity contribution >= 4 is 23.5 Å². The summed E-state index contributed by atoms with van der Waals surface area (Å²) in [5.41, 5.74) is 5.11. The van der Waals surface area contributed by atoms with E-state index in [2.05, 4.69) is 41.4 Å².